The molecular formula is C45H36N2W. The van der Waals surface area contributed by atoms with Gasteiger partial charge in [-0.2, -0.15) is 11.4 Å². The summed E-state index contributed by atoms with van der Waals surface area (Å²) in [5.41, 5.74) is 10.0. The molecule has 48 heavy (non-hydrogen) atoms. The Hall–Kier alpha value is -5.17. The second-order valence-corrected chi connectivity index (χ2v) is 11.3. The zero-order valence-corrected chi connectivity index (χ0v) is 30.3. The van der Waals surface area contributed by atoms with Crippen molar-refractivity contribution in [3.05, 3.63) is 174 Å². The number of hydrogen-bond donors (Lipinski definition) is 0. The predicted molar refractivity (Wildman–Crippen MR) is 205 cm³/mol. The summed E-state index contributed by atoms with van der Waals surface area (Å²) in [5, 5.41) is 16.8. The Morgan fingerprint density at radius 1 is 0.375 bits per heavy atom. The van der Waals surface area contributed by atoms with Gasteiger partial charge in [0.25, 0.3) is 0 Å². The monoisotopic (exact) mass is 788 g/mol. The van der Waals surface area contributed by atoms with Gasteiger partial charge in [0.05, 0.1) is 0 Å². The molecule has 0 radical (unpaired) electrons. The molecule has 0 saturated heterocycles. The van der Waals surface area contributed by atoms with Crippen molar-refractivity contribution in [3.8, 4) is 33.4 Å². The molecule has 0 fully saturated rings. The van der Waals surface area contributed by atoms with E-state index in [0.29, 0.717) is 0 Å². The normalized spacial score (nSPS) is 10.6. The van der Waals surface area contributed by atoms with E-state index < -0.39 is 0 Å². The van der Waals surface area contributed by atoms with Gasteiger partial charge in [-0.15, -0.1) is 12.7 Å². The number of para-hydroxylation sites is 2. The second kappa shape index (κ2) is 14.7. The first-order valence-electron chi connectivity index (χ1n) is 16.3. The molecule has 232 valence electrons. The van der Waals surface area contributed by atoms with Crippen molar-refractivity contribution in [2.24, 2.45) is 0 Å². The molecule has 0 amide bonds. The Morgan fingerprint density at radius 3 is 1.33 bits per heavy atom. The van der Waals surface area contributed by atoms with Crippen LogP contribution in [0.25, 0.3) is 76.3 Å². The van der Waals surface area contributed by atoms with Crippen LogP contribution in [0.4, 0.5) is 17.1 Å². The van der Waals surface area contributed by atoms with Crippen molar-refractivity contribution >= 4 is 49.4 Å². The van der Waals surface area contributed by atoms with E-state index in [-0.39, 0.29) is 21.1 Å². The van der Waals surface area contributed by atoms with E-state index >= 15 is 0 Å². The van der Waals surface area contributed by atoms with Crippen LogP contribution < -0.4 is 0 Å². The van der Waals surface area contributed by atoms with Crippen molar-refractivity contribution in [2.45, 2.75) is 13.8 Å². The molecule has 0 bridgehead atoms. The number of rotatable bonds is 6. The third kappa shape index (κ3) is 6.13. The second-order valence-electron chi connectivity index (χ2n) is 11.3. The summed E-state index contributed by atoms with van der Waals surface area (Å²) in [5.74, 6) is 0. The Kier molecular flexibility index (Phi) is 10.0. The summed E-state index contributed by atoms with van der Waals surface area (Å²) < 4.78 is 0. The molecule has 0 aromatic heterocycles. The van der Waals surface area contributed by atoms with Crippen molar-refractivity contribution in [1.82, 2.24) is 0 Å². The maximum absolute atomic E-state index is 4.88. The topological polar surface area (TPSA) is 28.2 Å². The van der Waals surface area contributed by atoms with Crippen molar-refractivity contribution in [3.63, 3.8) is 0 Å². The molecule has 0 N–H and O–H groups in total. The van der Waals surface area contributed by atoms with Crippen LogP contribution in [-0.2, 0) is 21.1 Å². The molecule has 0 aliphatic carbocycles. The average Bonchev–Trinajstić information content (AvgIpc) is 3.15. The first kappa shape index (κ1) is 32.8. The zero-order valence-electron chi connectivity index (χ0n) is 27.4. The Labute approximate surface area is 297 Å². The standard InChI is InChI=1S/C43H30N2.C2H6.W/c1-44-40-19-8-9-20-41(40)45-33-27-25-32(26-28-33)43-38-16-6-4-14-36(38)42(37-15-5-7-17-39(37)43)31-23-21-30(22-24-31)35-18-10-12-29-11-2-3-13-34(29)35;1-2;/h2-28H,1H3;1-2H3;/q-2;;+2. The third-order valence-corrected chi connectivity index (χ3v) is 8.73. The van der Waals surface area contributed by atoms with Crippen molar-refractivity contribution in [2.75, 3.05) is 7.05 Å². The van der Waals surface area contributed by atoms with E-state index in [1.54, 1.807) is 7.05 Å². The van der Waals surface area contributed by atoms with Gasteiger partial charge in [0, 0.05) is 0 Å². The van der Waals surface area contributed by atoms with Crippen LogP contribution in [0.5, 0.6) is 0 Å². The van der Waals surface area contributed by atoms with Gasteiger partial charge in [-0.25, -0.2) is 0 Å². The number of nitrogens with zero attached hydrogens (tertiary/aromatic N) is 2. The maximum atomic E-state index is 4.88. The van der Waals surface area contributed by atoms with Gasteiger partial charge in [0.1, 0.15) is 0 Å². The van der Waals surface area contributed by atoms with E-state index in [4.69, 9.17) is 5.32 Å². The summed E-state index contributed by atoms with van der Waals surface area (Å²) in [7, 11) is 1.80. The molecule has 0 heterocycles. The molecule has 2 nitrogen and oxygen atoms in total. The van der Waals surface area contributed by atoms with Crippen LogP contribution >= 0.6 is 0 Å². The molecule has 0 saturated carbocycles. The third-order valence-electron chi connectivity index (χ3n) is 8.73. The van der Waals surface area contributed by atoms with Gasteiger partial charge in [-0.05, 0) is 65.7 Å². The molecular weight excluding hydrogens is 752 g/mol. The minimum atomic E-state index is 0. The fourth-order valence-electron chi connectivity index (χ4n) is 6.63. The maximum Gasteiger partial charge on any atom is 2.00 e. The van der Waals surface area contributed by atoms with Crippen LogP contribution in [0.15, 0.2) is 164 Å². The average molecular weight is 789 g/mol. The van der Waals surface area contributed by atoms with Gasteiger partial charge < -0.3 is 10.6 Å². The Bertz CT molecular complexity index is 2260. The summed E-state index contributed by atoms with van der Waals surface area (Å²) in [4.78, 5) is 0. The van der Waals surface area contributed by atoms with Crippen LogP contribution in [-0.4, -0.2) is 7.05 Å². The summed E-state index contributed by atoms with van der Waals surface area (Å²) in [6, 6.07) is 58.4. The van der Waals surface area contributed by atoms with Gasteiger partial charge in [-0.3, -0.25) is 0 Å². The van der Waals surface area contributed by atoms with Gasteiger partial charge in [0.2, 0.25) is 0 Å². The summed E-state index contributed by atoms with van der Waals surface area (Å²) >= 11 is 0. The first-order chi connectivity index (χ1) is 23.3. The van der Waals surface area contributed by atoms with E-state index in [1.807, 2.05) is 38.1 Å². The fraction of sp³-hybridized carbons (Fsp3) is 0.0667. The van der Waals surface area contributed by atoms with E-state index in [2.05, 4.69) is 145 Å². The van der Waals surface area contributed by atoms with E-state index in [9.17, 15) is 0 Å². The number of fused-ring (bicyclic) bond motifs is 3. The number of hydrogen-bond acceptors (Lipinski definition) is 0. The predicted octanol–water partition coefficient (Wildman–Crippen LogP) is 14.1. The van der Waals surface area contributed by atoms with Crippen molar-refractivity contribution in [1.29, 1.82) is 0 Å². The minimum Gasteiger partial charge on any atom is -0.688 e. The van der Waals surface area contributed by atoms with Crippen LogP contribution in [0.2, 0.25) is 0 Å². The van der Waals surface area contributed by atoms with Gasteiger partial charge in [-0.1, -0.05) is 178 Å². The molecule has 3 heteroatoms. The Balaban J connectivity index is 0.00000131. The smallest absolute Gasteiger partial charge is 0.688 e. The van der Waals surface area contributed by atoms with E-state index in [0.717, 1.165) is 17.1 Å². The fourth-order valence-corrected chi connectivity index (χ4v) is 6.63. The zero-order chi connectivity index (χ0) is 32.2. The molecule has 0 atom stereocenters. The van der Waals surface area contributed by atoms with Crippen LogP contribution in [0, 0.1) is 0 Å². The molecule has 0 aliphatic rings. The van der Waals surface area contributed by atoms with Crippen molar-refractivity contribution < 1.29 is 21.1 Å². The van der Waals surface area contributed by atoms with Crippen LogP contribution in [0.1, 0.15) is 13.8 Å². The minimum absolute atomic E-state index is 0. The largest absolute Gasteiger partial charge is 2.00 e. The molecule has 8 aromatic carbocycles. The molecule has 0 spiro atoms. The van der Waals surface area contributed by atoms with Gasteiger partial charge >= 0.3 is 21.1 Å². The number of benzene rings is 8. The summed E-state index contributed by atoms with van der Waals surface area (Å²) in [6.07, 6.45) is 0. The molecule has 0 unspecified atom stereocenters. The SMILES string of the molecule is CC.C[N-]c1ccccc1[N-]c1ccc(-c2c3ccccc3c(-c3ccc(-c4cccc5ccccc45)cc3)c3ccccc23)cc1.[W+2]. The van der Waals surface area contributed by atoms with Crippen LogP contribution in [0.3, 0.4) is 0 Å². The molecule has 8 rings (SSSR count). The molecule has 0 aliphatic heterocycles. The Morgan fingerprint density at radius 2 is 0.792 bits per heavy atom. The molecule has 8 aromatic rings. The summed E-state index contributed by atoms with van der Waals surface area (Å²) in [6.45, 7) is 4.00. The van der Waals surface area contributed by atoms with Gasteiger partial charge in [0.15, 0.2) is 0 Å². The quantitative estimate of drug-likeness (QED) is 0.150. The van der Waals surface area contributed by atoms with E-state index in [1.165, 1.54) is 65.7 Å². The first-order valence-corrected chi connectivity index (χ1v) is 16.3.